The minimum atomic E-state index is -3.19. The summed E-state index contributed by atoms with van der Waals surface area (Å²) in [4.78, 5) is 3.21. The van der Waals surface area contributed by atoms with Crippen LogP contribution in [0, 0.1) is 0 Å². The average Bonchev–Trinajstić information content (AvgIpc) is 2.71. The Balaban J connectivity index is 2.25. The van der Waals surface area contributed by atoms with E-state index in [-0.39, 0.29) is 5.75 Å². The van der Waals surface area contributed by atoms with Gasteiger partial charge in [-0.2, -0.15) is 0 Å². The van der Waals surface area contributed by atoms with Gasteiger partial charge in [-0.25, -0.2) is 13.1 Å². The van der Waals surface area contributed by atoms with E-state index in [4.69, 9.17) is 0 Å². The lowest BCUT2D eigenvalue weighted by Gasteiger charge is -2.25. The lowest BCUT2D eigenvalue weighted by atomic mass is 9.96. The molecule has 0 saturated heterocycles. The molecule has 0 bridgehead atoms. The highest BCUT2D eigenvalue weighted by Gasteiger charge is 2.25. The van der Waals surface area contributed by atoms with Crippen LogP contribution in [0.25, 0.3) is 10.9 Å². The molecular weight excluding hydrogens is 260 g/mol. The molecule has 0 unspecified atom stereocenters. The van der Waals surface area contributed by atoms with E-state index in [2.05, 4.69) is 9.71 Å². The fourth-order valence-electron chi connectivity index (χ4n) is 2.28. The number of fused-ring (bicyclic) bond motifs is 1. The second-order valence-electron chi connectivity index (χ2n) is 5.43. The van der Waals surface area contributed by atoms with E-state index in [9.17, 15) is 8.42 Å². The van der Waals surface area contributed by atoms with Crippen LogP contribution in [-0.4, -0.2) is 24.7 Å². The Hall–Kier alpha value is -1.33. The van der Waals surface area contributed by atoms with Crippen molar-refractivity contribution in [2.24, 2.45) is 0 Å². The molecule has 2 aromatic rings. The second kappa shape index (κ2) is 4.98. The molecule has 5 heteroatoms. The maximum Gasteiger partial charge on any atom is 0.211 e. The Morgan fingerprint density at radius 1 is 1.26 bits per heavy atom. The summed E-state index contributed by atoms with van der Waals surface area (Å²) < 4.78 is 26.1. The van der Waals surface area contributed by atoms with Crippen LogP contribution in [0.4, 0.5) is 0 Å². The first kappa shape index (κ1) is 14.1. The molecular formula is C14H20N2O2S. The van der Waals surface area contributed by atoms with Gasteiger partial charge in [-0.15, -0.1) is 0 Å². The van der Waals surface area contributed by atoms with Crippen molar-refractivity contribution in [3.8, 4) is 0 Å². The number of rotatable bonds is 5. The van der Waals surface area contributed by atoms with Crippen molar-refractivity contribution in [2.75, 3.05) is 5.75 Å². The van der Waals surface area contributed by atoms with E-state index in [0.29, 0.717) is 6.42 Å². The van der Waals surface area contributed by atoms with E-state index >= 15 is 0 Å². The molecule has 0 saturated carbocycles. The third kappa shape index (κ3) is 3.36. The number of aromatic nitrogens is 1. The maximum atomic E-state index is 11.7. The summed E-state index contributed by atoms with van der Waals surface area (Å²) in [5, 5.41) is 1.14. The number of nitrogens with one attached hydrogen (secondary N) is 2. The largest absolute Gasteiger partial charge is 0.361 e. The van der Waals surface area contributed by atoms with Crippen molar-refractivity contribution in [1.82, 2.24) is 9.71 Å². The molecule has 0 aliphatic rings. The predicted octanol–water partition coefficient (Wildman–Crippen LogP) is 2.43. The topological polar surface area (TPSA) is 62.0 Å². The number of hydrogen-bond donors (Lipinski definition) is 2. The van der Waals surface area contributed by atoms with Crippen molar-refractivity contribution in [2.45, 2.75) is 32.7 Å². The molecule has 0 fully saturated rings. The van der Waals surface area contributed by atoms with Gasteiger partial charge in [0.2, 0.25) is 10.0 Å². The van der Waals surface area contributed by atoms with Crippen molar-refractivity contribution in [3.63, 3.8) is 0 Å². The molecule has 2 N–H and O–H groups in total. The Morgan fingerprint density at radius 3 is 2.63 bits per heavy atom. The minimum absolute atomic E-state index is 0.102. The fourth-order valence-corrected chi connectivity index (χ4v) is 3.34. The highest BCUT2D eigenvalue weighted by Crippen LogP contribution is 2.22. The van der Waals surface area contributed by atoms with Crippen LogP contribution in [0.2, 0.25) is 0 Å². The molecule has 0 radical (unpaired) electrons. The van der Waals surface area contributed by atoms with Gasteiger partial charge in [-0.1, -0.05) is 18.2 Å². The van der Waals surface area contributed by atoms with Crippen molar-refractivity contribution in [3.05, 3.63) is 36.0 Å². The van der Waals surface area contributed by atoms with Gasteiger partial charge in [0.25, 0.3) is 0 Å². The number of hydrogen-bond acceptors (Lipinski definition) is 2. The van der Waals surface area contributed by atoms with Crippen LogP contribution in [0.1, 0.15) is 26.3 Å². The molecule has 0 aliphatic carbocycles. The normalized spacial score (nSPS) is 13.0. The van der Waals surface area contributed by atoms with E-state index in [1.807, 2.05) is 44.3 Å². The summed E-state index contributed by atoms with van der Waals surface area (Å²) in [7, 11) is -3.19. The Bertz CT molecular complexity index is 672. The van der Waals surface area contributed by atoms with Gasteiger partial charge in [0.1, 0.15) is 0 Å². The molecule has 2 rings (SSSR count). The van der Waals surface area contributed by atoms with E-state index < -0.39 is 15.6 Å². The van der Waals surface area contributed by atoms with Gasteiger partial charge in [0, 0.05) is 22.6 Å². The summed E-state index contributed by atoms with van der Waals surface area (Å²) in [5.41, 5.74) is 1.70. The molecule has 1 aromatic heterocycles. The van der Waals surface area contributed by atoms with Crippen LogP contribution in [0.15, 0.2) is 30.5 Å². The first-order valence-corrected chi connectivity index (χ1v) is 8.05. The summed E-state index contributed by atoms with van der Waals surface area (Å²) in [6.07, 6.45) is 2.60. The quantitative estimate of drug-likeness (QED) is 0.883. The Labute approximate surface area is 114 Å². The molecule has 1 aromatic carbocycles. The van der Waals surface area contributed by atoms with Gasteiger partial charge in [-0.3, -0.25) is 0 Å². The first-order valence-electron chi connectivity index (χ1n) is 6.40. The molecule has 19 heavy (non-hydrogen) atoms. The van der Waals surface area contributed by atoms with Crippen LogP contribution >= 0.6 is 0 Å². The smallest absolute Gasteiger partial charge is 0.211 e. The third-order valence-electron chi connectivity index (χ3n) is 3.12. The molecule has 1 heterocycles. The zero-order valence-corrected chi connectivity index (χ0v) is 12.3. The van der Waals surface area contributed by atoms with Gasteiger partial charge in [-0.05, 0) is 38.8 Å². The number of benzene rings is 1. The molecule has 104 valence electrons. The predicted molar refractivity (Wildman–Crippen MR) is 78.7 cm³/mol. The molecule has 0 aliphatic heterocycles. The molecule has 0 spiro atoms. The van der Waals surface area contributed by atoms with Gasteiger partial charge >= 0.3 is 0 Å². The minimum Gasteiger partial charge on any atom is -0.361 e. The summed E-state index contributed by atoms with van der Waals surface area (Å²) in [6.45, 7) is 5.45. The zero-order valence-electron chi connectivity index (χ0n) is 11.5. The Kier molecular flexibility index (Phi) is 3.69. The maximum absolute atomic E-state index is 11.7. The van der Waals surface area contributed by atoms with Crippen molar-refractivity contribution >= 4 is 20.9 Å². The highest BCUT2D eigenvalue weighted by molar-refractivity contribution is 7.89. The number of sulfonamides is 1. The van der Waals surface area contributed by atoms with E-state index in [1.165, 1.54) is 0 Å². The fraction of sp³-hybridized carbons (Fsp3) is 0.429. The first-order chi connectivity index (χ1) is 8.83. The lowest BCUT2D eigenvalue weighted by Crippen LogP contribution is -2.45. The molecule has 0 amide bonds. The van der Waals surface area contributed by atoms with Crippen LogP contribution in [0.3, 0.4) is 0 Å². The summed E-state index contributed by atoms with van der Waals surface area (Å²) >= 11 is 0. The number of para-hydroxylation sites is 1. The highest BCUT2D eigenvalue weighted by atomic mass is 32.2. The standard InChI is InChI=1S/C14H20N2O2S/c1-4-19(17,18)16-14(2,3)9-11-10-15-13-8-6-5-7-12(11)13/h5-8,10,15-16H,4,9H2,1-3H3. The average molecular weight is 280 g/mol. The third-order valence-corrected chi connectivity index (χ3v) is 4.74. The molecule has 0 atom stereocenters. The molecule has 4 nitrogen and oxygen atoms in total. The van der Waals surface area contributed by atoms with Crippen molar-refractivity contribution in [1.29, 1.82) is 0 Å². The lowest BCUT2D eigenvalue weighted by molar-refractivity contribution is 0.452. The van der Waals surface area contributed by atoms with Gasteiger partial charge < -0.3 is 4.98 Å². The van der Waals surface area contributed by atoms with Crippen molar-refractivity contribution < 1.29 is 8.42 Å². The monoisotopic (exact) mass is 280 g/mol. The van der Waals surface area contributed by atoms with Crippen LogP contribution < -0.4 is 4.72 Å². The SMILES string of the molecule is CCS(=O)(=O)NC(C)(C)Cc1c[nH]c2ccccc12. The summed E-state index contributed by atoms with van der Waals surface area (Å²) in [6, 6.07) is 8.03. The van der Waals surface area contributed by atoms with E-state index in [1.54, 1.807) is 6.92 Å². The zero-order chi connectivity index (χ0) is 14.1. The second-order valence-corrected chi connectivity index (χ2v) is 7.44. The van der Waals surface area contributed by atoms with Gasteiger partial charge in [0.05, 0.1) is 5.75 Å². The number of aromatic amines is 1. The summed E-state index contributed by atoms with van der Waals surface area (Å²) in [5.74, 6) is 0.102. The van der Waals surface area contributed by atoms with Gasteiger partial charge in [0.15, 0.2) is 0 Å². The van der Waals surface area contributed by atoms with Crippen LogP contribution in [0.5, 0.6) is 0 Å². The van der Waals surface area contributed by atoms with E-state index in [0.717, 1.165) is 16.5 Å². The number of H-pyrrole nitrogens is 1. The van der Waals surface area contributed by atoms with Crippen LogP contribution in [-0.2, 0) is 16.4 Å². The Morgan fingerprint density at radius 2 is 1.95 bits per heavy atom.